The molecule has 182 valence electrons. The van der Waals surface area contributed by atoms with Crippen molar-refractivity contribution in [2.75, 3.05) is 11.8 Å². The van der Waals surface area contributed by atoms with Gasteiger partial charge < -0.3 is 4.74 Å². The third-order valence-corrected chi connectivity index (χ3v) is 6.60. The van der Waals surface area contributed by atoms with Crippen LogP contribution in [0.15, 0.2) is 60.0 Å². The molecular formula is C26H22FN5O3S. The van der Waals surface area contributed by atoms with Crippen molar-refractivity contribution in [1.82, 2.24) is 19.9 Å². The lowest BCUT2D eigenvalue weighted by Gasteiger charge is -2.12. The summed E-state index contributed by atoms with van der Waals surface area (Å²) >= 11 is 0. The van der Waals surface area contributed by atoms with E-state index in [1.165, 1.54) is 37.8 Å². The molecule has 0 saturated carbocycles. The van der Waals surface area contributed by atoms with Gasteiger partial charge in [-0.05, 0) is 56.7 Å². The first-order valence-corrected chi connectivity index (χ1v) is 12.3. The Morgan fingerprint density at radius 3 is 2.50 bits per heavy atom. The zero-order valence-corrected chi connectivity index (χ0v) is 20.8. The van der Waals surface area contributed by atoms with Crippen LogP contribution in [0.2, 0.25) is 0 Å². The normalized spacial score (nSPS) is 10.9. The highest BCUT2D eigenvalue weighted by molar-refractivity contribution is 7.92. The molecule has 8 nitrogen and oxygen atoms in total. The molecule has 3 aromatic heterocycles. The molecule has 0 amide bonds. The van der Waals surface area contributed by atoms with Crippen molar-refractivity contribution in [2.45, 2.75) is 25.7 Å². The van der Waals surface area contributed by atoms with E-state index < -0.39 is 20.7 Å². The van der Waals surface area contributed by atoms with E-state index in [-0.39, 0.29) is 11.6 Å². The summed E-state index contributed by atoms with van der Waals surface area (Å²) < 4.78 is 47.7. The van der Waals surface area contributed by atoms with Crippen molar-refractivity contribution < 1.29 is 17.5 Å². The van der Waals surface area contributed by atoms with Gasteiger partial charge in [0.15, 0.2) is 0 Å². The van der Waals surface area contributed by atoms with E-state index in [1.807, 2.05) is 26.0 Å². The van der Waals surface area contributed by atoms with E-state index in [2.05, 4.69) is 36.5 Å². The number of hydrogen-bond acceptors (Lipinski definition) is 7. The minimum absolute atomic E-state index is 0.0174. The number of nitrogens with zero attached hydrogens (tertiary/aromatic N) is 4. The van der Waals surface area contributed by atoms with Gasteiger partial charge in [-0.1, -0.05) is 17.9 Å². The number of nitrogens with one attached hydrogen (secondary N) is 1. The first-order chi connectivity index (χ1) is 17.2. The number of ether oxygens (including phenoxy) is 1. The van der Waals surface area contributed by atoms with Crippen LogP contribution in [0.5, 0.6) is 5.88 Å². The van der Waals surface area contributed by atoms with Crippen LogP contribution >= 0.6 is 0 Å². The van der Waals surface area contributed by atoms with Crippen LogP contribution in [0.25, 0.3) is 11.3 Å². The van der Waals surface area contributed by atoms with Crippen LogP contribution in [0.4, 0.5) is 10.1 Å². The summed E-state index contributed by atoms with van der Waals surface area (Å²) in [4.78, 5) is 16.5. The molecule has 4 rings (SSSR count). The Bertz CT molecular complexity index is 1630. The van der Waals surface area contributed by atoms with Gasteiger partial charge in [-0.25, -0.2) is 27.8 Å². The topological polar surface area (TPSA) is 107 Å². The molecule has 0 unspecified atom stereocenters. The monoisotopic (exact) mass is 503 g/mol. The SMILES string of the molecule is COc1ncc(C#Cc2c(C)ncnc2-c2ccnc(C)c2)cc1NS(=O)(=O)c1ccc(C)cc1F. The lowest BCUT2D eigenvalue weighted by molar-refractivity contribution is 0.400. The van der Waals surface area contributed by atoms with Gasteiger partial charge in [0.2, 0.25) is 5.88 Å². The van der Waals surface area contributed by atoms with Crippen LogP contribution in [0.3, 0.4) is 0 Å². The molecule has 0 saturated heterocycles. The number of anilines is 1. The van der Waals surface area contributed by atoms with Gasteiger partial charge in [0.1, 0.15) is 22.7 Å². The maximum atomic E-state index is 14.4. The number of aromatic nitrogens is 4. The zero-order valence-electron chi connectivity index (χ0n) is 20.0. The van der Waals surface area contributed by atoms with Gasteiger partial charge >= 0.3 is 0 Å². The van der Waals surface area contributed by atoms with Crippen molar-refractivity contribution in [3.63, 3.8) is 0 Å². The van der Waals surface area contributed by atoms with E-state index >= 15 is 0 Å². The number of methoxy groups -OCH3 is 1. The number of halogens is 1. The van der Waals surface area contributed by atoms with Gasteiger partial charge in [-0.15, -0.1) is 0 Å². The molecule has 0 aliphatic rings. The van der Waals surface area contributed by atoms with E-state index in [1.54, 1.807) is 13.1 Å². The second-order valence-corrected chi connectivity index (χ2v) is 9.59. The minimum Gasteiger partial charge on any atom is -0.479 e. The van der Waals surface area contributed by atoms with Gasteiger partial charge in [-0.3, -0.25) is 9.71 Å². The highest BCUT2D eigenvalue weighted by Crippen LogP contribution is 2.27. The van der Waals surface area contributed by atoms with Crippen molar-refractivity contribution in [3.05, 3.63) is 89.0 Å². The van der Waals surface area contributed by atoms with Gasteiger partial charge in [0, 0.05) is 29.2 Å². The fourth-order valence-electron chi connectivity index (χ4n) is 3.45. The zero-order chi connectivity index (χ0) is 25.9. The molecule has 0 fully saturated rings. The number of benzene rings is 1. The number of sulfonamides is 1. The maximum absolute atomic E-state index is 14.4. The van der Waals surface area contributed by atoms with Gasteiger partial charge in [0.25, 0.3) is 10.0 Å². The Balaban J connectivity index is 1.73. The smallest absolute Gasteiger partial charge is 0.264 e. The number of aryl methyl sites for hydroxylation is 3. The first-order valence-electron chi connectivity index (χ1n) is 10.8. The lowest BCUT2D eigenvalue weighted by atomic mass is 10.0. The molecule has 3 heterocycles. The summed E-state index contributed by atoms with van der Waals surface area (Å²) in [6, 6.07) is 9.08. The molecule has 4 aromatic rings. The number of pyridine rings is 2. The van der Waals surface area contributed by atoms with E-state index in [9.17, 15) is 12.8 Å². The van der Waals surface area contributed by atoms with Gasteiger partial charge in [0.05, 0.1) is 24.1 Å². The summed E-state index contributed by atoms with van der Waals surface area (Å²) in [5.74, 6) is 5.23. The maximum Gasteiger partial charge on any atom is 0.264 e. The summed E-state index contributed by atoms with van der Waals surface area (Å²) in [6.07, 6.45) is 4.62. The average Bonchev–Trinajstić information content (AvgIpc) is 2.83. The van der Waals surface area contributed by atoms with Crippen LogP contribution in [0, 0.1) is 38.4 Å². The van der Waals surface area contributed by atoms with Crippen LogP contribution < -0.4 is 9.46 Å². The number of rotatable bonds is 5. The first kappa shape index (κ1) is 24.8. The molecular weight excluding hydrogens is 481 g/mol. The van der Waals surface area contributed by atoms with Crippen molar-refractivity contribution >= 4 is 15.7 Å². The van der Waals surface area contributed by atoms with Crippen LogP contribution in [-0.2, 0) is 10.0 Å². The van der Waals surface area contributed by atoms with Crippen LogP contribution in [-0.4, -0.2) is 35.5 Å². The molecule has 0 spiro atoms. The molecule has 1 aromatic carbocycles. The lowest BCUT2D eigenvalue weighted by Crippen LogP contribution is -2.15. The summed E-state index contributed by atoms with van der Waals surface area (Å²) in [5, 5.41) is 0. The predicted molar refractivity (Wildman–Crippen MR) is 133 cm³/mol. The highest BCUT2D eigenvalue weighted by Gasteiger charge is 2.21. The Hall–Kier alpha value is -4.36. The fourth-order valence-corrected chi connectivity index (χ4v) is 4.56. The Kier molecular flexibility index (Phi) is 6.94. The minimum atomic E-state index is -4.25. The fraction of sp³-hybridized carbons (Fsp3) is 0.154. The largest absolute Gasteiger partial charge is 0.479 e. The van der Waals surface area contributed by atoms with E-state index in [4.69, 9.17) is 4.74 Å². The van der Waals surface area contributed by atoms with E-state index in [0.717, 1.165) is 17.3 Å². The molecule has 0 atom stereocenters. The number of hydrogen-bond donors (Lipinski definition) is 1. The molecule has 0 aliphatic heterocycles. The van der Waals surface area contributed by atoms with Crippen molar-refractivity contribution in [3.8, 4) is 29.0 Å². The summed E-state index contributed by atoms with van der Waals surface area (Å²) in [5.41, 5.74) is 4.65. The Labute approximate surface area is 208 Å². The Morgan fingerprint density at radius 2 is 1.78 bits per heavy atom. The molecule has 0 bridgehead atoms. The third-order valence-electron chi connectivity index (χ3n) is 5.20. The standard InChI is InChI=1S/C26H22FN5O3S/c1-16-5-8-24(22(27)11-16)36(33,34)32-23-13-19(14-29-26(23)35-4)6-7-21-18(3)30-15-31-25(21)20-9-10-28-17(2)12-20/h5,8-15,32H,1-4H3. The molecule has 10 heteroatoms. The van der Waals surface area contributed by atoms with E-state index in [0.29, 0.717) is 28.1 Å². The Morgan fingerprint density at radius 1 is 0.972 bits per heavy atom. The second kappa shape index (κ2) is 10.1. The molecule has 0 aliphatic carbocycles. The molecule has 1 N–H and O–H groups in total. The van der Waals surface area contributed by atoms with Crippen molar-refractivity contribution in [1.29, 1.82) is 0 Å². The molecule has 36 heavy (non-hydrogen) atoms. The quantitative estimate of drug-likeness (QED) is 0.407. The highest BCUT2D eigenvalue weighted by atomic mass is 32.2. The summed E-state index contributed by atoms with van der Waals surface area (Å²) in [6.45, 7) is 5.38. The average molecular weight is 504 g/mol. The molecule has 0 radical (unpaired) electrons. The summed E-state index contributed by atoms with van der Waals surface area (Å²) in [7, 11) is -2.90. The van der Waals surface area contributed by atoms with Gasteiger partial charge in [-0.2, -0.15) is 0 Å². The van der Waals surface area contributed by atoms with Crippen molar-refractivity contribution in [2.24, 2.45) is 0 Å². The second-order valence-electron chi connectivity index (χ2n) is 7.94. The predicted octanol–water partition coefficient (Wildman–Crippen LogP) is 4.21. The third kappa shape index (κ3) is 5.31. The van der Waals surface area contributed by atoms with Crippen LogP contribution in [0.1, 0.15) is 28.1 Å².